The number of hydrogen-bond donors (Lipinski definition) is 0. The first-order valence-corrected chi connectivity index (χ1v) is 17.2. The SMILES string of the molecule is Cc1ccc2c(c1)C(C)(C)/C(=C/C=C/C1=[N+](CC(=O)ON3C(=O)CCC3=O)c3ccc(SOO[O-])cc3C1(C)C)N2CC(=O)ON1C(=O)CCC1=O.[K+]. The van der Waals surface area contributed by atoms with Gasteiger partial charge in [0.05, 0.1) is 17.5 Å². The van der Waals surface area contributed by atoms with Crippen LogP contribution in [0.15, 0.2) is 65.2 Å². The molecule has 0 spiro atoms. The van der Waals surface area contributed by atoms with E-state index in [2.05, 4.69) is 9.37 Å². The summed E-state index contributed by atoms with van der Waals surface area (Å²) >= 11 is 0.723. The Morgan fingerprint density at radius 1 is 0.849 bits per heavy atom. The molecule has 15 nitrogen and oxygen atoms in total. The smallest absolute Gasteiger partial charge is 0.691 e. The minimum Gasteiger partial charge on any atom is -0.691 e. The van der Waals surface area contributed by atoms with E-state index in [1.807, 2.05) is 65.0 Å². The molecule has 2 aromatic carbocycles. The first-order chi connectivity index (χ1) is 24.6. The number of hydroxylamine groups is 4. The van der Waals surface area contributed by atoms with Crippen LogP contribution >= 0.6 is 12.0 Å². The van der Waals surface area contributed by atoms with Gasteiger partial charge in [-0.25, -0.2) is 9.59 Å². The molecule has 272 valence electrons. The number of imide groups is 2. The van der Waals surface area contributed by atoms with Gasteiger partial charge in [0.2, 0.25) is 12.2 Å². The molecule has 4 heterocycles. The van der Waals surface area contributed by atoms with E-state index >= 15 is 0 Å². The van der Waals surface area contributed by atoms with E-state index in [9.17, 15) is 34.0 Å². The molecule has 0 unspecified atom stereocenters. The summed E-state index contributed by atoms with van der Waals surface area (Å²) in [6.45, 7) is 9.25. The minimum absolute atomic E-state index is 0. The molecule has 0 radical (unpaired) electrons. The number of amides is 4. The molecule has 53 heavy (non-hydrogen) atoms. The molecule has 0 saturated carbocycles. The Kier molecular flexibility index (Phi) is 12.3. The van der Waals surface area contributed by atoms with Crippen LogP contribution in [0.2, 0.25) is 0 Å². The van der Waals surface area contributed by atoms with Crippen molar-refractivity contribution in [3.63, 3.8) is 0 Å². The zero-order valence-corrected chi connectivity index (χ0v) is 34.1. The van der Waals surface area contributed by atoms with Gasteiger partial charge >= 0.3 is 63.3 Å². The molecule has 0 atom stereocenters. The third-order valence-electron chi connectivity index (χ3n) is 9.55. The number of fused-ring (bicyclic) bond motifs is 2. The maximum absolute atomic E-state index is 13.2. The van der Waals surface area contributed by atoms with Crippen molar-refractivity contribution in [1.82, 2.24) is 10.1 Å². The van der Waals surface area contributed by atoms with Crippen LogP contribution in [0, 0.1) is 6.92 Å². The maximum Gasteiger partial charge on any atom is 1.00 e. The summed E-state index contributed by atoms with van der Waals surface area (Å²) in [7, 11) is 0. The monoisotopic (exact) mass is 771 g/mol. The van der Waals surface area contributed by atoms with Gasteiger partial charge in [-0.15, -0.1) is 10.1 Å². The molecule has 6 rings (SSSR count). The molecule has 0 aliphatic carbocycles. The van der Waals surface area contributed by atoms with Gasteiger partial charge < -0.3 is 19.8 Å². The Balaban J connectivity index is 0.00000541. The number of aryl methyl sites for hydroxylation is 1. The molecule has 17 heteroatoms. The van der Waals surface area contributed by atoms with E-state index in [1.165, 1.54) is 0 Å². The Morgan fingerprint density at radius 2 is 1.45 bits per heavy atom. The summed E-state index contributed by atoms with van der Waals surface area (Å²) in [4.78, 5) is 87.8. The van der Waals surface area contributed by atoms with Gasteiger partial charge in [-0.1, -0.05) is 37.6 Å². The van der Waals surface area contributed by atoms with E-state index in [0.717, 1.165) is 40.1 Å². The molecular formula is C36H36KN4O11S+. The number of carbonyl (C=O) groups is 6. The van der Waals surface area contributed by atoms with E-state index < -0.39 is 46.4 Å². The average molecular weight is 772 g/mol. The van der Waals surface area contributed by atoms with Gasteiger partial charge in [-0.05, 0) is 50.6 Å². The predicted octanol–water partition coefficient (Wildman–Crippen LogP) is 0.0581. The molecule has 4 aliphatic rings. The zero-order valence-electron chi connectivity index (χ0n) is 30.1. The number of anilines is 1. The number of hydrogen-bond acceptors (Lipinski definition) is 13. The third kappa shape index (κ3) is 7.99. The van der Waals surface area contributed by atoms with Crippen molar-refractivity contribution in [2.45, 2.75) is 76.0 Å². The molecule has 2 saturated heterocycles. The van der Waals surface area contributed by atoms with E-state index in [-0.39, 0.29) is 90.2 Å². The summed E-state index contributed by atoms with van der Waals surface area (Å²) in [5.41, 5.74) is 4.20. The molecule has 4 amide bonds. The molecule has 0 aromatic heterocycles. The fourth-order valence-corrected chi connectivity index (χ4v) is 7.35. The van der Waals surface area contributed by atoms with E-state index in [4.69, 9.17) is 9.68 Å². The fourth-order valence-electron chi connectivity index (χ4n) is 6.96. The van der Waals surface area contributed by atoms with Crippen LogP contribution in [-0.4, -0.2) is 69.1 Å². The maximum atomic E-state index is 13.2. The molecule has 4 aliphatic heterocycles. The van der Waals surface area contributed by atoms with E-state index in [1.54, 1.807) is 33.8 Å². The minimum atomic E-state index is -0.833. The van der Waals surface area contributed by atoms with Crippen molar-refractivity contribution in [2.24, 2.45) is 0 Å². The zero-order chi connectivity index (χ0) is 37.5. The number of nitrogens with zero attached hydrogens (tertiary/aromatic N) is 4. The Morgan fingerprint density at radius 3 is 2.06 bits per heavy atom. The Hall–Kier alpha value is -3.52. The summed E-state index contributed by atoms with van der Waals surface area (Å²) in [5.74, 6) is -3.96. The van der Waals surface area contributed by atoms with Crippen LogP contribution in [0.4, 0.5) is 11.4 Å². The summed E-state index contributed by atoms with van der Waals surface area (Å²) in [5, 5.41) is 15.0. The normalized spacial score (nSPS) is 19.4. The first kappa shape index (κ1) is 40.7. The van der Waals surface area contributed by atoms with Crippen molar-refractivity contribution in [3.8, 4) is 0 Å². The van der Waals surface area contributed by atoms with Gasteiger partial charge in [0.25, 0.3) is 23.6 Å². The summed E-state index contributed by atoms with van der Waals surface area (Å²) < 4.78 is 6.24. The van der Waals surface area contributed by atoms with Crippen LogP contribution in [0.5, 0.6) is 0 Å². The second kappa shape index (κ2) is 16.1. The van der Waals surface area contributed by atoms with Crippen molar-refractivity contribution in [2.75, 3.05) is 18.0 Å². The first-order valence-electron chi connectivity index (χ1n) is 16.5. The Labute approximate surface area is 351 Å². The van der Waals surface area contributed by atoms with Crippen molar-refractivity contribution in [1.29, 1.82) is 0 Å². The number of benzene rings is 2. The van der Waals surface area contributed by atoms with Crippen LogP contribution in [0.1, 0.15) is 70.1 Å². The van der Waals surface area contributed by atoms with Crippen LogP contribution in [0.3, 0.4) is 0 Å². The van der Waals surface area contributed by atoms with Crippen molar-refractivity contribution < 1.29 is 109 Å². The number of allylic oxidation sites excluding steroid dienone is 4. The number of carbonyl (C=O) groups excluding carboxylic acids is 6. The third-order valence-corrected chi connectivity index (χ3v) is 10.1. The van der Waals surface area contributed by atoms with E-state index in [0.29, 0.717) is 26.4 Å². The quantitative estimate of drug-likeness (QED) is 0.0750. The average Bonchev–Trinajstić information content (AvgIpc) is 3.71. The van der Waals surface area contributed by atoms with Crippen LogP contribution in [-0.2, 0) is 58.6 Å². The molecule has 0 bridgehead atoms. The molecule has 0 N–H and O–H groups in total. The second-order valence-corrected chi connectivity index (χ2v) is 14.5. The predicted molar refractivity (Wildman–Crippen MR) is 180 cm³/mol. The largest absolute Gasteiger partial charge is 1.00 e. The summed E-state index contributed by atoms with van der Waals surface area (Å²) in [6, 6.07) is 11.1. The standard InChI is InChI=1S/C36H36N4O11S.K/c1-21-9-11-25-23(17-21)35(2,3)27(37(25)19-33(45)48-39-29(41)13-14-30(39)42)7-6-8-28-36(4,5)24-18-22(52-51-50-47)10-12-26(24)38(28)20-34(46)49-40-31(43)15-16-32(40)44;/h6-12,17-18H,13-16,19-20H2,1-5H3;/q;+1. The van der Waals surface area contributed by atoms with Gasteiger partial charge in [-0.2, -0.15) is 8.91 Å². The second-order valence-electron chi connectivity index (χ2n) is 13.7. The van der Waals surface area contributed by atoms with Gasteiger partial charge in [0.15, 0.2) is 5.71 Å². The van der Waals surface area contributed by atoms with Crippen molar-refractivity contribution >= 4 is 64.7 Å². The van der Waals surface area contributed by atoms with Crippen LogP contribution in [0.25, 0.3) is 0 Å². The van der Waals surface area contributed by atoms with Crippen LogP contribution < -0.4 is 61.5 Å². The number of rotatable bonds is 11. The Bertz CT molecular complexity index is 1980. The van der Waals surface area contributed by atoms with Gasteiger partial charge in [0.1, 0.15) is 6.54 Å². The topological polar surface area (TPSA) is 175 Å². The van der Waals surface area contributed by atoms with Gasteiger partial charge in [0, 0.05) is 65.1 Å². The van der Waals surface area contributed by atoms with Crippen molar-refractivity contribution in [3.05, 3.63) is 77.0 Å². The van der Waals surface area contributed by atoms with Gasteiger partial charge in [-0.3, -0.25) is 24.2 Å². The molecular weight excluding hydrogens is 736 g/mol. The molecule has 2 aromatic rings. The molecule has 2 fully saturated rings. The fraction of sp³-hybridized carbons (Fsp3) is 0.361. The summed E-state index contributed by atoms with van der Waals surface area (Å²) in [6.07, 6.45) is 5.33.